The molecule has 1 saturated carbocycles. The van der Waals surface area contributed by atoms with E-state index in [1.54, 1.807) is 12.4 Å². The summed E-state index contributed by atoms with van der Waals surface area (Å²) in [6.45, 7) is 4.49. The van der Waals surface area contributed by atoms with Crippen LogP contribution in [0.5, 0.6) is 0 Å². The van der Waals surface area contributed by atoms with Gasteiger partial charge in [-0.2, -0.15) is 0 Å². The summed E-state index contributed by atoms with van der Waals surface area (Å²) in [5.74, 6) is 1.41. The van der Waals surface area contributed by atoms with E-state index in [4.69, 9.17) is 37.9 Å². The zero-order valence-electron chi connectivity index (χ0n) is 21.9. The van der Waals surface area contributed by atoms with Crippen LogP contribution in [0.1, 0.15) is 68.7 Å². The smallest absolute Gasteiger partial charge is 0.228 e. The monoisotopic (exact) mass is 559 g/mol. The molecule has 4 fully saturated rings. The number of amides is 1. The van der Waals surface area contributed by atoms with Crippen molar-refractivity contribution in [3.05, 3.63) is 46.0 Å². The fraction of sp³-hybridized carbons (Fsp3) is 0.630. The van der Waals surface area contributed by atoms with Crippen LogP contribution in [0.15, 0.2) is 24.8 Å². The van der Waals surface area contributed by atoms with Crippen LogP contribution in [0.25, 0.3) is 0 Å². The lowest BCUT2D eigenvalue weighted by Gasteiger charge is -2.37. The minimum Gasteiger partial charge on any atom is -0.370 e. The van der Waals surface area contributed by atoms with Gasteiger partial charge in [0.2, 0.25) is 11.9 Å². The van der Waals surface area contributed by atoms with Gasteiger partial charge in [0.15, 0.2) is 0 Å². The van der Waals surface area contributed by atoms with Crippen LogP contribution in [-0.4, -0.2) is 64.6 Å². The maximum absolute atomic E-state index is 12.7. The molecule has 2 aromatic rings. The molecule has 1 amide bonds. The first kappa shape index (κ1) is 26.2. The first-order valence-corrected chi connectivity index (χ1v) is 14.4. The number of nitrogens with one attached hydrogen (secondary N) is 2. The second-order valence-electron chi connectivity index (χ2n) is 11.3. The third kappa shape index (κ3) is 4.77. The van der Waals surface area contributed by atoms with Crippen molar-refractivity contribution in [1.82, 2.24) is 30.7 Å². The number of fused-ring (bicyclic) bond motifs is 1. The van der Waals surface area contributed by atoms with E-state index in [-0.39, 0.29) is 23.7 Å². The third-order valence-electron chi connectivity index (χ3n) is 9.14. The van der Waals surface area contributed by atoms with Crippen molar-refractivity contribution in [2.24, 2.45) is 11.3 Å². The van der Waals surface area contributed by atoms with Crippen molar-refractivity contribution in [2.75, 3.05) is 31.6 Å². The van der Waals surface area contributed by atoms with Crippen LogP contribution < -0.4 is 15.8 Å². The zero-order chi connectivity index (χ0) is 26.4. The summed E-state index contributed by atoms with van der Waals surface area (Å²) in [5, 5.41) is 1.06. The predicted octanol–water partition coefficient (Wildman–Crippen LogP) is 4.09. The van der Waals surface area contributed by atoms with E-state index in [1.807, 2.05) is 31.3 Å². The number of likely N-dealkylation sites (tertiary alicyclic amines) is 1. The topological polar surface area (TPSA) is 95.5 Å². The molecule has 4 aliphatic rings. The molecule has 1 aliphatic carbocycles. The number of aromatic nitrogens is 3. The summed E-state index contributed by atoms with van der Waals surface area (Å²) in [6, 6.07) is 0.489. The minimum absolute atomic E-state index is 0.106. The highest BCUT2D eigenvalue weighted by Crippen LogP contribution is 2.43. The second kappa shape index (κ2) is 10.5. The standard InChI is InChI=1S/C27H35Cl2N7O2/c1-16(23-20(28)14-30-15-21(23)29)38-18-3-4-22-19(11-18)24(34-33-22)17-12-31-26(32-13-17)36-9-6-27(7-10-36)5-8-35(2)25(27)37/h12-16,18-19,22,24,33-34H,3-11H2,1-2H3/t16-,18?,19?,22?,24?/m1/s1. The number of pyridine rings is 1. The Morgan fingerprint density at radius 3 is 2.37 bits per heavy atom. The number of hydrazine groups is 1. The number of piperidine rings is 1. The van der Waals surface area contributed by atoms with E-state index in [1.165, 1.54) is 0 Å². The first-order valence-electron chi connectivity index (χ1n) is 13.6. The minimum atomic E-state index is -0.216. The highest BCUT2D eigenvalue weighted by Gasteiger charge is 2.47. The molecule has 9 nitrogen and oxygen atoms in total. The molecule has 6 rings (SSSR count). The van der Waals surface area contributed by atoms with Crippen LogP contribution in [0.4, 0.5) is 5.95 Å². The molecular formula is C27H35Cl2N7O2. The van der Waals surface area contributed by atoms with E-state index >= 15 is 0 Å². The Balaban J connectivity index is 1.09. The number of halogens is 2. The first-order chi connectivity index (χ1) is 18.3. The number of hydrogen-bond donors (Lipinski definition) is 2. The highest BCUT2D eigenvalue weighted by molar-refractivity contribution is 6.35. The number of carbonyl (C=O) groups is 1. The lowest BCUT2D eigenvalue weighted by atomic mass is 9.77. The summed E-state index contributed by atoms with van der Waals surface area (Å²) >= 11 is 12.7. The molecule has 1 spiro atoms. The largest absolute Gasteiger partial charge is 0.370 e. The van der Waals surface area contributed by atoms with E-state index in [9.17, 15) is 4.79 Å². The Hall–Kier alpha value is -2.04. The highest BCUT2D eigenvalue weighted by atomic mass is 35.5. The summed E-state index contributed by atoms with van der Waals surface area (Å²) in [4.78, 5) is 30.3. The second-order valence-corrected chi connectivity index (χ2v) is 12.1. The fourth-order valence-corrected chi connectivity index (χ4v) is 7.56. The zero-order valence-corrected chi connectivity index (χ0v) is 23.4. The lowest BCUT2D eigenvalue weighted by Crippen LogP contribution is -2.44. The quantitative estimate of drug-likeness (QED) is 0.565. The number of nitrogens with zero attached hydrogens (tertiary/aromatic N) is 5. The van der Waals surface area contributed by atoms with Crippen molar-refractivity contribution < 1.29 is 9.53 Å². The number of anilines is 1. The van der Waals surface area contributed by atoms with Gasteiger partial charge in [-0.25, -0.2) is 15.4 Å². The number of carbonyl (C=O) groups excluding carboxylic acids is 1. The lowest BCUT2D eigenvalue weighted by molar-refractivity contribution is -0.135. The number of hydrogen-bond acceptors (Lipinski definition) is 8. The Morgan fingerprint density at radius 1 is 1.03 bits per heavy atom. The van der Waals surface area contributed by atoms with Crippen molar-refractivity contribution in [3.63, 3.8) is 0 Å². The van der Waals surface area contributed by atoms with Crippen LogP contribution >= 0.6 is 23.2 Å². The average molecular weight is 561 g/mol. The van der Waals surface area contributed by atoms with Crippen LogP contribution in [-0.2, 0) is 9.53 Å². The Kier molecular flexibility index (Phi) is 7.24. The maximum Gasteiger partial charge on any atom is 0.228 e. The summed E-state index contributed by atoms with van der Waals surface area (Å²) in [6.07, 6.45) is 12.6. The fourth-order valence-electron chi connectivity index (χ4n) is 6.89. The molecule has 4 unspecified atom stereocenters. The predicted molar refractivity (Wildman–Crippen MR) is 146 cm³/mol. The van der Waals surface area contributed by atoms with Crippen LogP contribution in [0, 0.1) is 11.3 Å². The summed E-state index contributed by atoms with van der Waals surface area (Å²) < 4.78 is 6.47. The molecule has 3 saturated heterocycles. The van der Waals surface area contributed by atoms with Gasteiger partial charge >= 0.3 is 0 Å². The van der Waals surface area contributed by atoms with Crippen molar-refractivity contribution >= 4 is 35.1 Å². The molecule has 38 heavy (non-hydrogen) atoms. The molecule has 2 aromatic heterocycles. The van der Waals surface area contributed by atoms with Gasteiger partial charge in [-0.1, -0.05) is 23.2 Å². The Labute approximate surface area is 233 Å². The third-order valence-corrected chi connectivity index (χ3v) is 9.75. The molecule has 204 valence electrons. The van der Waals surface area contributed by atoms with Gasteiger partial charge in [0, 0.05) is 68.6 Å². The molecule has 2 N–H and O–H groups in total. The molecule has 5 atom stereocenters. The number of ether oxygens (including phenoxy) is 1. The molecule has 5 heterocycles. The van der Waals surface area contributed by atoms with Crippen molar-refractivity contribution in [2.45, 2.75) is 69.7 Å². The van der Waals surface area contributed by atoms with Gasteiger partial charge in [-0.05, 0) is 51.4 Å². The molecular weight excluding hydrogens is 525 g/mol. The molecule has 0 bridgehead atoms. The van der Waals surface area contributed by atoms with E-state index < -0.39 is 0 Å². The van der Waals surface area contributed by atoms with Gasteiger partial charge in [0.25, 0.3) is 0 Å². The Bertz CT molecular complexity index is 1150. The molecule has 11 heteroatoms. The average Bonchev–Trinajstić information content (AvgIpc) is 3.46. The van der Waals surface area contributed by atoms with E-state index in [2.05, 4.69) is 20.7 Å². The van der Waals surface area contributed by atoms with Crippen LogP contribution in [0.3, 0.4) is 0 Å². The molecule has 3 aliphatic heterocycles. The van der Waals surface area contributed by atoms with Gasteiger partial charge in [-0.3, -0.25) is 15.2 Å². The van der Waals surface area contributed by atoms with Gasteiger partial charge < -0.3 is 14.5 Å². The SMILES string of the molecule is C[C@@H](OC1CCC2NNC(c3cnc(N4CCC5(CCN(C)C5=O)CC4)nc3)C2C1)c1c(Cl)cncc1Cl. The van der Waals surface area contributed by atoms with E-state index in [0.717, 1.165) is 75.2 Å². The number of rotatable bonds is 5. The van der Waals surface area contributed by atoms with Gasteiger partial charge in [0.05, 0.1) is 33.7 Å². The molecule has 0 radical (unpaired) electrons. The van der Waals surface area contributed by atoms with E-state index in [0.29, 0.717) is 27.9 Å². The summed E-state index contributed by atoms with van der Waals surface area (Å²) in [7, 11) is 1.91. The van der Waals surface area contributed by atoms with Crippen LogP contribution in [0.2, 0.25) is 10.0 Å². The van der Waals surface area contributed by atoms with Gasteiger partial charge in [0.1, 0.15) is 0 Å². The molecule has 0 aromatic carbocycles. The Morgan fingerprint density at radius 2 is 1.71 bits per heavy atom. The maximum atomic E-state index is 12.7. The van der Waals surface area contributed by atoms with Crippen molar-refractivity contribution in [1.29, 1.82) is 0 Å². The van der Waals surface area contributed by atoms with Gasteiger partial charge in [-0.15, -0.1) is 0 Å². The van der Waals surface area contributed by atoms with Crippen molar-refractivity contribution in [3.8, 4) is 0 Å². The summed E-state index contributed by atoms with van der Waals surface area (Å²) in [5.41, 5.74) is 8.66. The normalized spacial score (nSPS) is 29.6.